The molecule has 3 heterocycles. The summed E-state index contributed by atoms with van der Waals surface area (Å²) in [4.78, 5) is 25.8. The van der Waals surface area contributed by atoms with E-state index in [1.165, 1.54) is 0 Å². The van der Waals surface area contributed by atoms with Gasteiger partial charge in [0.25, 0.3) is 5.91 Å². The van der Waals surface area contributed by atoms with Gasteiger partial charge >= 0.3 is 0 Å². The van der Waals surface area contributed by atoms with Crippen LogP contribution >= 0.6 is 11.6 Å². The largest absolute Gasteiger partial charge is 0.343 e. The van der Waals surface area contributed by atoms with Crippen molar-refractivity contribution in [1.29, 1.82) is 0 Å². The highest BCUT2D eigenvalue weighted by Gasteiger charge is 2.38. The minimum atomic E-state index is -0.581. The molecule has 0 bridgehead atoms. The quantitative estimate of drug-likeness (QED) is 0.150. The van der Waals surface area contributed by atoms with Crippen LogP contribution < -0.4 is 5.32 Å². The number of carbonyl (C=O) groups is 1. The van der Waals surface area contributed by atoms with E-state index >= 15 is 0 Å². The summed E-state index contributed by atoms with van der Waals surface area (Å²) in [5, 5.41) is 9.92. The van der Waals surface area contributed by atoms with Gasteiger partial charge in [0.1, 0.15) is 5.69 Å². The molecule has 0 unspecified atom stereocenters. The first-order valence-corrected chi connectivity index (χ1v) is 16.9. The molecule has 244 valence electrons. The molecule has 0 aliphatic heterocycles. The van der Waals surface area contributed by atoms with E-state index in [-0.39, 0.29) is 17.8 Å². The van der Waals surface area contributed by atoms with Gasteiger partial charge in [-0.15, -0.1) is 0 Å². The first kappa shape index (κ1) is 31.2. The number of aromatic amines is 1. The van der Waals surface area contributed by atoms with Crippen molar-refractivity contribution in [1.82, 2.24) is 30.0 Å². The first-order valence-electron chi connectivity index (χ1n) is 16.5. The Morgan fingerprint density at radius 3 is 2.02 bits per heavy atom. The standard InChI is InChI=1S/C42H33ClN6O/c1-28(30-12-11-19-34(43)24-30)45-41(50)40-46-36-25-35-38(26-37(36)47-40)49(48-39(35)29-20-22-44-23-21-29)27-42(31-13-5-2-6-14-31,32-15-7-3-8-16-32)33-17-9-4-10-18-33/h2-26,28H,27H2,1H3,(H,45,50)(H,46,47)/t28-/m1/s1. The van der Waals surface area contributed by atoms with Gasteiger partial charge in [0.05, 0.1) is 34.6 Å². The number of rotatable bonds is 9. The number of amides is 1. The smallest absolute Gasteiger partial charge is 0.287 e. The molecule has 5 aromatic carbocycles. The maximum atomic E-state index is 13.5. The molecule has 2 N–H and O–H groups in total. The van der Waals surface area contributed by atoms with Crippen LogP contribution in [0.3, 0.4) is 0 Å². The summed E-state index contributed by atoms with van der Waals surface area (Å²) in [5.74, 6) is -0.0660. The van der Waals surface area contributed by atoms with Crippen LogP contribution in [-0.4, -0.2) is 30.6 Å². The number of nitrogens with zero attached hydrogens (tertiary/aromatic N) is 4. The summed E-state index contributed by atoms with van der Waals surface area (Å²) in [6.45, 7) is 2.44. The van der Waals surface area contributed by atoms with E-state index in [4.69, 9.17) is 21.7 Å². The van der Waals surface area contributed by atoms with E-state index in [2.05, 4.69) is 98.8 Å². The number of hydrogen-bond acceptors (Lipinski definition) is 4. The number of aromatic nitrogens is 5. The van der Waals surface area contributed by atoms with Crippen molar-refractivity contribution >= 4 is 39.4 Å². The molecule has 3 aromatic heterocycles. The number of pyridine rings is 1. The molecule has 50 heavy (non-hydrogen) atoms. The average Bonchev–Trinajstić information content (AvgIpc) is 3.75. The lowest BCUT2D eigenvalue weighted by Gasteiger charge is -2.36. The highest BCUT2D eigenvalue weighted by Crippen LogP contribution is 2.42. The molecule has 0 spiro atoms. The second kappa shape index (κ2) is 13.1. The number of nitrogens with one attached hydrogen (secondary N) is 2. The molecule has 0 saturated carbocycles. The van der Waals surface area contributed by atoms with Crippen LogP contribution in [0.1, 0.15) is 45.8 Å². The third-order valence-corrected chi connectivity index (χ3v) is 9.64. The van der Waals surface area contributed by atoms with E-state index in [0.717, 1.165) is 49.9 Å². The molecule has 7 nitrogen and oxygen atoms in total. The third-order valence-electron chi connectivity index (χ3n) is 9.41. The maximum absolute atomic E-state index is 13.5. The van der Waals surface area contributed by atoms with Crippen molar-refractivity contribution in [3.05, 3.63) is 185 Å². The molecule has 0 radical (unpaired) electrons. The summed E-state index contributed by atoms with van der Waals surface area (Å²) >= 11 is 6.21. The van der Waals surface area contributed by atoms with Crippen molar-refractivity contribution in [2.45, 2.75) is 24.9 Å². The Labute approximate surface area is 294 Å². The lowest BCUT2D eigenvalue weighted by molar-refractivity contribution is 0.0930. The Morgan fingerprint density at radius 1 is 0.800 bits per heavy atom. The Kier molecular flexibility index (Phi) is 8.18. The summed E-state index contributed by atoms with van der Waals surface area (Å²) in [5.41, 5.74) is 7.88. The van der Waals surface area contributed by atoms with Crippen molar-refractivity contribution in [3.8, 4) is 11.3 Å². The highest BCUT2D eigenvalue weighted by atomic mass is 35.5. The molecule has 8 aromatic rings. The van der Waals surface area contributed by atoms with E-state index in [1.54, 1.807) is 12.4 Å². The van der Waals surface area contributed by atoms with Crippen LogP contribution in [0.2, 0.25) is 5.02 Å². The van der Waals surface area contributed by atoms with Gasteiger partial charge in [-0.05, 0) is 65.6 Å². The summed E-state index contributed by atoms with van der Waals surface area (Å²) in [7, 11) is 0. The van der Waals surface area contributed by atoms with Gasteiger partial charge in [-0.3, -0.25) is 14.5 Å². The molecule has 0 aliphatic carbocycles. The highest BCUT2D eigenvalue weighted by molar-refractivity contribution is 6.30. The summed E-state index contributed by atoms with van der Waals surface area (Å²) in [6, 6.07) is 47.1. The Bertz CT molecular complexity index is 2330. The number of hydrogen-bond donors (Lipinski definition) is 2. The summed E-state index contributed by atoms with van der Waals surface area (Å²) in [6.07, 6.45) is 3.55. The fourth-order valence-electron chi connectivity index (χ4n) is 6.92. The number of H-pyrrole nitrogens is 1. The minimum absolute atomic E-state index is 0.235. The van der Waals surface area contributed by atoms with Crippen molar-refractivity contribution in [2.24, 2.45) is 0 Å². The van der Waals surface area contributed by atoms with E-state index < -0.39 is 5.41 Å². The molecule has 8 heteroatoms. The SMILES string of the molecule is C[C@@H](NC(=O)c1nc2cc3c(-c4ccncc4)nn(CC(c4ccccc4)(c4ccccc4)c4ccccc4)c3cc2[nH]1)c1cccc(Cl)c1. The number of fused-ring (bicyclic) bond motifs is 2. The lowest BCUT2D eigenvalue weighted by atomic mass is 9.69. The number of benzene rings is 5. The summed E-state index contributed by atoms with van der Waals surface area (Å²) < 4.78 is 2.10. The second-order valence-corrected chi connectivity index (χ2v) is 12.9. The Morgan fingerprint density at radius 2 is 1.42 bits per heavy atom. The second-order valence-electron chi connectivity index (χ2n) is 12.5. The van der Waals surface area contributed by atoms with Crippen LogP contribution in [0, 0.1) is 0 Å². The fraction of sp³-hybridized carbons (Fsp3) is 0.0952. The Hall–Kier alpha value is -6.05. The van der Waals surface area contributed by atoms with E-state index in [1.807, 2.05) is 67.6 Å². The molecule has 8 rings (SSSR count). The first-order chi connectivity index (χ1) is 24.5. The van der Waals surface area contributed by atoms with Gasteiger partial charge in [0, 0.05) is 28.4 Å². The zero-order chi connectivity index (χ0) is 34.1. The minimum Gasteiger partial charge on any atom is -0.343 e. The van der Waals surface area contributed by atoms with E-state index in [0.29, 0.717) is 17.1 Å². The molecular formula is C42H33ClN6O. The third kappa shape index (κ3) is 5.71. The Balaban J connectivity index is 1.29. The van der Waals surface area contributed by atoms with Crippen LogP contribution in [0.5, 0.6) is 0 Å². The van der Waals surface area contributed by atoms with Gasteiger partial charge in [-0.2, -0.15) is 5.10 Å². The molecule has 0 aliphatic rings. The van der Waals surface area contributed by atoms with Crippen LogP contribution in [-0.2, 0) is 12.0 Å². The fourth-order valence-corrected chi connectivity index (χ4v) is 7.12. The zero-order valence-corrected chi connectivity index (χ0v) is 28.0. The monoisotopic (exact) mass is 672 g/mol. The predicted octanol–water partition coefficient (Wildman–Crippen LogP) is 9.15. The molecule has 0 fully saturated rings. The van der Waals surface area contributed by atoms with E-state index in [9.17, 15) is 4.79 Å². The van der Waals surface area contributed by atoms with Crippen molar-refractivity contribution in [2.75, 3.05) is 0 Å². The van der Waals surface area contributed by atoms with Crippen LogP contribution in [0.15, 0.2) is 152 Å². The topological polar surface area (TPSA) is 88.5 Å². The van der Waals surface area contributed by atoms with Crippen molar-refractivity contribution < 1.29 is 4.79 Å². The van der Waals surface area contributed by atoms with Gasteiger partial charge in [-0.1, -0.05) is 115 Å². The maximum Gasteiger partial charge on any atom is 0.287 e. The molecule has 0 saturated heterocycles. The van der Waals surface area contributed by atoms with Crippen molar-refractivity contribution in [3.63, 3.8) is 0 Å². The van der Waals surface area contributed by atoms with Gasteiger partial charge < -0.3 is 10.3 Å². The van der Waals surface area contributed by atoms with Gasteiger partial charge in [0.2, 0.25) is 0 Å². The molecule has 1 atom stereocenters. The average molecular weight is 673 g/mol. The van der Waals surface area contributed by atoms with Gasteiger partial charge in [-0.25, -0.2) is 4.98 Å². The predicted molar refractivity (Wildman–Crippen MR) is 199 cm³/mol. The number of halogens is 1. The molecular weight excluding hydrogens is 640 g/mol. The number of carbonyl (C=O) groups excluding carboxylic acids is 1. The van der Waals surface area contributed by atoms with Crippen LogP contribution in [0.25, 0.3) is 33.2 Å². The van der Waals surface area contributed by atoms with Crippen LogP contribution in [0.4, 0.5) is 0 Å². The molecule has 1 amide bonds. The lowest BCUT2D eigenvalue weighted by Crippen LogP contribution is -2.35. The van der Waals surface area contributed by atoms with Gasteiger partial charge in [0.15, 0.2) is 5.82 Å². The normalized spacial score (nSPS) is 12.3. The number of imidazole rings is 1. The zero-order valence-electron chi connectivity index (χ0n) is 27.3.